The van der Waals surface area contributed by atoms with Crippen LogP contribution in [0.15, 0.2) is 0 Å². The van der Waals surface area contributed by atoms with Crippen molar-refractivity contribution in [2.45, 2.75) is 52.2 Å². The zero-order valence-electron chi connectivity index (χ0n) is 9.09. The Morgan fingerprint density at radius 3 is 1.62 bits per heavy atom. The minimum atomic E-state index is -3.95. The molecule has 0 radical (unpaired) electrons. The van der Waals surface area contributed by atoms with Crippen LogP contribution in [0.5, 0.6) is 0 Å². The second-order valence-corrected chi connectivity index (χ2v) is 6.95. The molecule has 0 rings (SSSR count). The lowest BCUT2D eigenvalue weighted by Crippen LogP contribution is -2.38. The smallest absolute Gasteiger partial charge is 0.270 e. The fourth-order valence-electron chi connectivity index (χ4n) is 1.52. The zero-order valence-corrected chi connectivity index (χ0v) is 9.90. The van der Waals surface area contributed by atoms with Gasteiger partial charge in [-0.3, -0.25) is 4.55 Å². The van der Waals surface area contributed by atoms with E-state index in [2.05, 4.69) is 0 Å². The van der Waals surface area contributed by atoms with Crippen LogP contribution in [0.25, 0.3) is 0 Å². The monoisotopic (exact) mass is 208 g/mol. The van der Waals surface area contributed by atoms with Gasteiger partial charge < -0.3 is 0 Å². The molecule has 0 saturated heterocycles. The second-order valence-electron chi connectivity index (χ2n) is 5.02. The van der Waals surface area contributed by atoms with E-state index in [1.165, 1.54) is 0 Å². The molecule has 0 aromatic heterocycles. The second kappa shape index (κ2) is 3.58. The van der Waals surface area contributed by atoms with Crippen LogP contribution in [0.1, 0.15) is 47.5 Å². The summed E-state index contributed by atoms with van der Waals surface area (Å²) in [6.45, 7) is 9.26. The number of rotatable bonds is 3. The van der Waals surface area contributed by atoms with Crippen LogP contribution in [0.4, 0.5) is 0 Å². The largest absolute Gasteiger partial charge is 0.285 e. The summed E-state index contributed by atoms with van der Waals surface area (Å²) < 4.78 is 30.3. The average molecular weight is 208 g/mol. The van der Waals surface area contributed by atoms with Crippen LogP contribution in [0.3, 0.4) is 0 Å². The summed E-state index contributed by atoms with van der Waals surface area (Å²) in [5.74, 6) is 0. The minimum Gasteiger partial charge on any atom is -0.285 e. The Hall–Kier alpha value is -0.0900. The molecule has 0 saturated carbocycles. The minimum absolute atomic E-state index is 0.0967. The predicted octanol–water partition coefficient (Wildman–Crippen LogP) is 2.48. The standard InChI is InChI=1S/C9H20O3S/c1-6-9(5,13(10,11)12)7-8(2,3)4/h6-7H2,1-5H3,(H,10,11,12). The van der Waals surface area contributed by atoms with Crippen LogP contribution in [0, 0.1) is 5.41 Å². The molecule has 0 spiro atoms. The van der Waals surface area contributed by atoms with Gasteiger partial charge in [0.15, 0.2) is 0 Å². The lowest BCUT2D eigenvalue weighted by molar-refractivity contribution is 0.298. The molecule has 0 aromatic carbocycles. The highest BCUT2D eigenvalue weighted by molar-refractivity contribution is 7.87. The van der Waals surface area contributed by atoms with Crippen LogP contribution in [-0.4, -0.2) is 17.7 Å². The van der Waals surface area contributed by atoms with E-state index in [1.807, 2.05) is 20.8 Å². The fourth-order valence-corrected chi connectivity index (χ4v) is 2.50. The first kappa shape index (κ1) is 12.9. The normalized spacial score (nSPS) is 18.3. The van der Waals surface area contributed by atoms with Crippen molar-refractivity contribution in [1.29, 1.82) is 0 Å². The van der Waals surface area contributed by atoms with Crippen molar-refractivity contribution in [1.82, 2.24) is 0 Å². The molecule has 0 aromatic rings. The van der Waals surface area contributed by atoms with E-state index in [1.54, 1.807) is 13.8 Å². The Morgan fingerprint density at radius 1 is 1.15 bits per heavy atom. The van der Waals surface area contributed by atoms with Gasteiger partial charge in [-0.25, -0.2) is 0 Å². The molecule has 0 aliphatic carbocycles. The summed E-state index contributed by atoms with van der Waals surface area (Å²) in [7, 11) is -3.95. The van der Waals surface area contributed by atoms with Gasteiger partial charge >= 0.3 is 0 Å². The Bertz CT molecular complexity index is 261. The van der Waals surface area contributed by atoms with E-state index in [0.717, 1.165) is 0 Å². The van der Waals surface area contributed by atoms with E-state index in [4.69, 9.17) is 4.55 Å². The molecule has 1 atom stereocenters. The van der Waals surface area contributed by atoms with Gasteiger partial charge in [-0.15, -0.1) is 0 Å². The highest BCUT2D eigenvalue weighted by Crippen LogP contribution is 2.34. The highest BCUT2D eigenvalue weighted by Gasteiger charge is 2.39. The van der Waals surface area contributed by atoms with Gasteiger partial charge in [-0.1, -0.05) is 27.7 Å². The Kier molecular flexibility index (Phi) is 3.55. The third kappa shape index (κ3) is 3.65. The Morgan fingerprint density at radius 2 is 1.54 bits per heavy atom. The molecule has 0 fully saturated rings. The van der Waals surface area contributed by atoms with Crippen molar-refractivity contribution in [3.05, 3.63) is 0 Å². The summed E-state index contributed by atoms with van der Waals surface area (Å²) in [4.78, 5) is 0. The lowest BCUT2D eigenvalue weighted by Gasteiger charge is -2.31. The summed E-state index contributed by atoms with van der Waals surface area (Å²) in [5, 5.41) is 0. The predicted molar refractivity (Wildman–Crippen MR) is 54.3 cm³/mol. The van der Waals surface area contributed by atoms with Gasteiger partial charge in [0.25, 0.3) is 10.1 Å². The molecule has 13 heavy (non-hydrogen) atoms. The van der Waals surface area contributed by atoms with Crippen molar-refractivity contribution >= 4 is 10.1 Å². The highest BCUT2D eigenvalue weighted by atomic mass is 32.2. The van der Waals surface area contributed by atoms with Crippen molar-refractivity contribution in [2.75, 3.05) is 0 Å². The van der Waals surface area contributed by atoms with Gasteiger partial charge in [-0.2, -0.15) is 8.42 Å². The van der Waals surface area contributed by atoms with E-state index in [9.17, 15) is 8.42 Å². The summed E-state index contributed by atoms with van der Waals surface area (Å²) >= 11 is 0. The molecule has 1 unspecified atom stereocenters. The first-order valence-corrected chi connectivity index (χ1v) is 5.93. The van der Waals surface area contributed by atoms with E-state index in [0.29, 0.717) is 12.8 Å². The van der Waals surface area contributed by atoms with E-state index in [-0.39, 0.29) is 5.41 Å². The Labute approximate surface area is 81.3 Å². The molecule has 0 amide bonds. The molecular formula is C9H20O3S. The van der Waals surface area contributed by atoms with Crippen molar-refractivity contribution in [3.63, 3.8) is 0 Å². The third-order valence-corrected chi connectivity index (χ3v) is 3.95. The maximum absolute atomic E-state index is 11.1. The lowest BCUT2D eigenvalue weighted by atomic mass is 9.84. The van der Waals surface area contributed by atoms with E-state index >= 15 is 0 Å². The van der Waals surface area contributed by atoms with Gasteiger partial charge in [0, 0.05) is 0 Å². The maximum atomic E-state index is 11.1. The molecular weight excluding hydrogens is 188 g/mol. The van der Waals surface area contributed by atoms with Gasteiger partial charge in [0.2, 0.25) is 0 Å². The quantitative estimate of drug-likeness (QED) is 0.725. The average Bonchev–Trinajstić information content (AvgIpc) is 1.81. The van der Waals surface area contributed by atoms with Gasteiger partial charge in [0.1, 0.15) is 0 Å². The molecule has 80 valence electrons. The van der Waals surface area contributed by atoms with Crippen LogP contribution < -0.4 is 0 Å². The molecule has 4 heteroatoms. The molecule has 3 nitrogen and oxygen atoms in total. The maximum Gasteiger partial charge on any atom is 0.270 e. The molecule has 1 N–H and O–H groups in total. The Balaban J connectivity index is 4.89. The van der Waals surface area contributed by atoms with E-state index < -0.39 is 14.9 Å². The first-order chi connectivity index (χ1) is 5.52. The number of hydrogen-bond acceptors (Lipinski definition) is 2. The molecule has 0 heterocycles. The van der Waals surface area contributed by atoms with Crippen molar-refractivity contribution in [2.24, 2.45) is 5.41 Å². The topological polar surface area (TPSA) is 54.4 Å². The third-order valence-electron chi connectivity index (χ3n) is 2.27. The van der Waals surface area contributed by atoms with Crippen LogP contribution >= 0.6 is 0 Å². The van der Waals surface area contributed by atoms with Crippen LogP contribution in [-0.2, 0) is 10.1 Å². The SMILES string of the molecule is CCC(C)(CC(C)(C)C)S(=O)(=O)O. The summed E-state index contributed by atoms with van der Waals surface area (Å²) in [6.07, 6.45) is 0.901. The zero-order chi connectivity index (χ0) is 10.9. The first-order valence-electron chi connectivity index (χ1n) is 4.49. The van der Waals surface area contributed by atoms with Gasteiger partial charge in [-0.05, 0) is 25.2 Å². The molecule has 0 aliphatic rings. The molecule has 0 aliphatic heterocycles. The van der Waals surface area contributed by atoms with Crippen LogP contribution in [0.2, 0.25) is 0 Å². The molecule has 0 bridgehead atoms. The van der Waals surface area contributed by atoms with Gasteiger partial charge in [0.05, 0.1) is 4.75 Å². The fraction of sp³-hybridized carbons (Fsp3) is 1.00. The van der Waals surface area contributed by atoms with Crippen molar-refractivity contribution in [3.8, 4) is 0 Å². The summed E-state index contributed by atoms with van der Waals surface area (Å²) in [5.41, 5.74) is -0.0967. The number of hydrogen-bond donors (Lipinski definition) is 1. The van der Waals surface area contributed by atoms with Crippen molar-refractivity contribution < 1.29 is 13.0 Å². The summed E-state index contributed by atoms with van der Waals surface area (Å²) in [6, 6.07) is 0.